The summed E-state index contributed by atoms with van der Waals surface area (Å²) in [4.78, 5) is 52.5. The van der Waals surface area contributed by atoms with E-state index < -0.39 is 35.6 Å². The molecule has 1 atom stereocenters. The molecular formula is C14H18N4O6. The number of carbonyl (C=O) groups excluding carboxylic acids is 2. The highest BCUT2D eigenvalue weighted by Crippen LogP contribution is 2.14. The molecule has 0 bridgehead atoms. The Morgan fingerprint density at radius 2 is 1.96 bits per heavy atom. The van der Waals surface area contributed by atoms with Crippen molar-refractivity contribution >= 4 is 22.9 Å². The monoisotopic (exact) mass is 338 g/mol. The molecule has 0 saturated carbocycles. The smallest absolute Gasteiger partial charge is 0.332 e. The molecule has 0 aliphatic rings. The lowest BCUT2D eigenvalue weighted by Crippen LogP contribution is -2.42. The molecule has 2 rings (SSSR count). The number of Topliss-reactive ketones (excluding diaryl/α,β-unsaturated/α-hetero) is 1. The first-order valence-corrected chi connectivity index (χ1v) is 7.08. The first-order chi connectivity index (χ1) is 11.3. The van der Waals surface area contributed by atoms with Gasteiger partial charge in [0, 0.05) is 14.2 Å². The zero-order valence-electron chi connectivity index (χ0n) is 13.8. The fourth-order valence-electron chi connectivity index (χ4n) is 2.39. The molecule has 0 radical (unpaired) electrons. The molecule has 2 aromatic rings. The molecule has 0 fully saturated rings. The summed E-state index contributed by atoms with van der Waals surface area (Å²) in [5.41, 5.74) is -1.21. The van der Waals surface area contributed by atoms with E-state index in [2.05, 4.69) is 9.72 Å². The van der Waals surface area contributed by atoms with Crippen molar-refractivity contribution in [1.29, 1.82) is 0 Å². The third-order valence-corrected chi connectivity index (χ3v) is 3.66. The fraction of sp³-hybridized carbons (Fsp3) is 0.500. The summed E-state index contributed by atoms with van der Waals surface area (Å²) in [7, 11) is 4.01. The van der Waals surface area contributed by atoms with Gasteiger partial charge in [-0.1, -0.05) is 0 Å². The van der Waals surface area contributed by atoms with Crippen LogP contribution >= 0.6 is 0 Å². The summed E-state index contributed by atoms with van der Waals surface area (Å²) >= 11 is 0. The third kappa shape index (κ3) is 2.87. The van der Waals surface area contributed by atoms with Crippen LogP contribution in [0.15, 0.2) is 15.9 Å². The lowest BCUT2D eigenvalue weighted by molar-refractivity contribution is -0.143. The number of imidazole rings is 1. The number of fused-ring (bicyclic) bond motifs is 1. The molecule has 0 aliphatic heterocycles. The molecule has 0 amide bonds. The van der Waals surface area contributed by atoms with Crippen molar-refractivity contribution in [1.82, 2.24) is 18.7 Å². The van der Waals surface area contributed by atoms with Gasteiger partial charge < -0.3 is 14.0 Å². The molecule has 24 heavy (non-hydrogen) atoms. The third-order valence-electron chi connectivity index (χ3n) is 3.66. The standard InChI is InChI=1S/C14H18N4O6/c1-8(13(21)24-4)18-7-15-11-10(18)12(20)17(14(22)16(11)2)5-9(19)6-23-3/h7-8H,5-6H2,1-4H3. The quantitative estimate of drug-likeness (QED) is 0.611. The highest BCUT2D eigenvalue weighted by molar-refractivity contribution is 5.80. The van der Waals surface area contributed by atoms with Gasteiger partial charge in [-0.15, -0.1) is 0 Å². The average molecular weight is 338 g/mol. The second-order valence-electron chi connectivity index (χ2n) is 5.23. The Balaban J connectivity index is 2.70. The minimum Gasteiger partial charge on any atom is -0.467 e. The van der Waals surface area contributed by atoms with E-state index in [1.807, 2.05) is 0 Å². The Hall–Kier alpha value is -2.75. The van der Waals surface area contributed by atoms with Gasteiger partial charge in [-0.2, -0.15) is 0 Å². The zero-order chi connectivity index (χ0) is 18.0. The molecule has 0 spiro atoms. The SMILES string of the molecule is COCC(=O)Cn1c(=O)c2c(ncn2C(C)C(=O)OC)n(C)c1=O. The summed E-state index contributed by atoms with van der Waals surface area (Å²) < 4.78 is 12.7. The van der Waals surface area contributed by atoms with Crippen molar-refractivity contribution in [2.75, 3.05) is 20.8 Å². The van der Waals surface area contributed by atoms with Crippen molar-refractivity contribution in [3.8, 4) is 0 Å². The molecule has 0 saturated heterocycles. The molecule has 0 N–H and O–H groups in total. The van der Waals surface area contributed by atoms with Gasteiger partial charge in [-0.25, -0.2) is 14.6 Å². The Morgan fingerprint density at radius 3 is 2.54 bits per heavy atom. The number of carbonyl (C=O) groups is 2. The van der Waals surface area contributed by atoms with Gasteiger partial charge >= 0.3 is 11.7 Å². The lowest BCUT2D eigenvalue weighted by atomic mass is 10.3. The highest BCUT2D eigenvalue weighted by Gasteiger charge is 2.23. The van der Waals surface area contributed by atoms with Gasteiger partial charge in [0.05, 0.1) is 20.0 Å². The van der Waals surface area contributed by atoms with Crippen LogP contribution < -0.4 is 11.2 Å². The van der Waals surface area contributed by atoms with Crippen LogP contribution in [0.1, 0.15) is 13.0 Å². The van der Waals surface area contributed by atoms with Crippen molar-refractivity contribution < 1.29 is 19.1 Å². The van der Waals surface area contributed by atoms with Crippen LogP contribution in [0.4, 0.5) is 0 Å². The number of hydrogen-bond donors (Lipinski definition) is 0. The van der Waals surface area contributed by atoms with Gasteiger partial charge in [-0.05, 0) is 6.92 Å². The number of methoxy groups -OCH3 is 2. The van der Waals surface area contributed by atoms with Gasteiger partial charge in [0.2, 0.25) is 0 Å². The maximum atomic E-state index is 12.7. The van der Waals surface area contributed by atoms with Crippen molar-refractivity contribution in [3.63, 3.8) is 0 Å². The van der Waals surface area contributed by atoms with E-state index in [4.69, 9.17) is 4.74 Å². The number of nitrogens with zero attached hydrogens (tertiary/aromatic N) is 4. The summed E-state index contributed by atoms with van der Waals surface area (Å²) in [5.74, 6) is -0.993. The number of aromatic nitrogens is 4. The van der Waals surface area contributed by atoms with Crippen molar-refractivity contribution in [2.24, 2.45) is 7.05 Å². The first kappa shape index (κ1) is 17.6. The van der Waals surface area contributed by atoms with E-state index >= 15 is 0 Å². The van der Waals surface area contributed by atoms with Crippen LogP contribution in [0.3, 0.4) is 0 Å². The minimum atomic E-state index is -0.812. The number of hydrogen-bond acceptors (Lipinski definition) is 7. The van der Waals surface area contributed by atoms with Crippen LogP contribution in [0.5, 0.6) is 0 Å². The maximum Gasteiger partial charge on any atom is 0.332 e. The molecule has 0 aromatic carbocycles. The summed E-state index contributed by atoms with van der Waals surface area (Å²) in [5, 5.41) is 0. The highest BCUT2D eigenvalue weighted by atomic mass is 16.5. The van der Waals surface area contributed by atoms with Crippen LogP contribution in [-0.4, -0.2) is 51.3 Å². The molecular weight excluding hydrogens is 320 g/mol. The maximum absolute atomic E-state index is 12.7. The van der Waals surface area contributed by atoms with E-state index in [9.17, 15) is 19.2 Å². The first-order valence-electron chi connectivity index (χ1n) is 7.08. The second kappa shape index (κ2) is 6.79. The van der Waals surface area contributed by atoms with Gasteiger partial charge in [-0.3, -0.25) is 18.7 Å². The summed E-state index contributed by atoms with van der Waals surface area (Å²) in [6, 6.07) is -0.812. The van der Waals surface area contributed by atoms with Crippen LogP contribution in [0, 0.1) is 0 Å². The Bertz CT molecular complexity index is 906. The molecule has 0 aliphatic carbocycles. The zero-order valence-corrected chi connectivity index (χ0v) is 13.8. The second-order valence-corrected chi connectivity index (χ2v) is 5.23. The number of aryl methyl sites for hydroxylation is 1. The van der Waals surface area contributed by atoms with E-state index in [1.165, 1.54) is 39.1 Å². The largest absolute Gasteiger partial charge is 0.467 e. The van der Waals surface area contributed by atoms with E-state index in [0.29, 0.717) is 0 Å². The van der Waals surface area contributed by atoms with Crippen LogP contribution in [0.25, 0.3) is 11.2 Å². The van der Waals surface area contributed by atoms with Gasteiger partial charge in [0.25, 0.3) is 5.56 Å². The topological polar surface area (TPSA) is 114 Å². The fourth-order valence-corrected chi connectivity index (χ4v) is 2.39. The molecule has 130 valence electrons. The van der Waals surface area contributed by atoms with E-state index in [-0.39, 0.29) is 17.8 Å². The Labute approximate surface area is 136 Å². The molecule has 10 heteroatoms. The predicted molar refractivity (Wildman–Crippen MR) is 82.8 cm³/mol. The van der Waals surface area contributed by atoms with Gasteiger partial charge in [0.15, 0.2) is 16.9 Å². The normalized spacial score (nSPS) is 12.3. The molecule has 2 heterocycles. The van der Waals surface area contributed by atoms with E-state index in [1.54, 1.807) is 0 Å². The van der Waals surface area contributed by atoms with Crippen molar-refractivity contribution in [2.45, 2.75) is 19.5 Å². The summed E-state index contributed by atoms with van der Waals surface area (Å²) in [6.07, 6.45) is 1.29. The van der Waals surface area contributed by atoms with Crippen molar-refractivity contribution in [3.05, 3.63) is 27.2 Å². The predicted octanol–water partition coefficient (Wildman–Crippen LogP) is -1.15. The lowest BCUT2D eigenvalue weighted by Gasteiger charge is -2.13. The number of esters is 1. The van der Waals surface area contributed by atoms with Gasteiger partial charge in [0.1, 0.15) is 12.6 Å². The average Bonchev–Trinajstić information content (AvgIpc) is 3.00. The number of ether oxygens (including phenoxy) is 2. The Kier molecular flexibility index (Phi) is 4.98. The minimum absolute atomic E-state index is 0.0419. The van der Waals surface area contributed by atoms with E-state index in [0.717, 1.165) is 9.13 Å². The summed E-state index contributed by atoms with van der Waals surface area (Å²) in [6.45, 7) is 0.899. The van der Waals surface area contributed by atoms with Crippen LogP contribution in [-0.2, 0) is 32.7 Å². The number of rotatable bonds is 6. The van der Waals surface area contributed by atoms with Crippen LogP contribution in [0.2, 0.25) is 0 Å². The Morgan fingerprint density at radius 1 is 1.29 bits per heavy atom. The number of ketones is 1. The molecule has 2 aromatic heterocycles. The molecule has 1 unspecified atom stereocenters. The molecule has 10 nitrogen and oxygen atoms in total.